The fourth-order valence-electron chi connectivity index (χ4n) is 3.85. The van der Waals surface area contributed by atoms with Crippen LogP contribution >= 0.6 is 11.6 Å². The van der Waals surface area contributed by atoms with Crippen molar-refractivity contribution in [3.63, 3.8) is 0 Å². The first-order valence-corrected chi connectivity index (χ1v) is 8.45. The Morgan fingerprint density at radius 3 is 2.19 bits per heavy atom. The molecule has 1 heterocycles. The lowest BCUT2D eigenvalue weighted by Crippen LogP contribution is -2.63. The summed E-state index contributed by atoms with van der Waals surface area (Å²) in [7, 11) is 1.94. The molecule has 140 valence electrons. The minimum atomic E-state index is -4.76. The predicted octanol–water partition coefficient (Wildman–Crippen LogP) is 4.43. The first kappa shape index (κ1) is 19.0. The van der Waals surface area contributed by atoms with Gasteiger partial charge in [-0.2, -0.15) is 0 Å². The molecule has 26 heavy (non-hydrogen) atoms. The molecule has 1 aliphatic rings. The second kappa shape index (κ2) is 6.44. The smallest absolute Gasteiger partial charge is 0.406 e. The molecule has 0 spiro atoms. The first-order chi connectivity index (χ1) is 12.0. The number of ether oxygens (including phenoxy) is 1. The van der Waals surface area contributed by atoms with Crippen molar-refractivity contribution in [2.24, 2.45) is 5.41 Å². The van der Waals surface area contributed by atoms with Gasteiger partial charge in [0.05, 0.1) is 0 Å². The Bertz CT molecular complexity index is 788. The highest BCUT2D eigenvalue weighted by atomic mass is 35.5. The molecule has 1 aliphatic heterocycles. The van der Waals surface area contributed by atoms with Crippen LogP contribution in [0.5, 0.6) is 5.75 Å². The zero-order valence-corrected chi connectivity index (χ0v) is 15.1. The van der Waals surface area contributed by atoms with E-state index in [0.29, 0.717) is 29.2 Å². The van der Waals surface area contributed by atoms with E-state index in [1.54, 1.807) is 24.3 Å². The number of hydrogen-bond donors (Lipinski definition) is 1. The molecule has 1 atom stereocenters. The molecule has 3 nitrogen and oxygen atoms in total. The number of likely N-dealkylation sites (tertiary alicyclic amines) is 1. The van der Waals surface area contributed by atoms with Crippen molar-refractivity contribution in [1.29, 1.82) is 0 Å². The van der Waals surface area contributed by atoms with Crippen LogP contribution in [0.25, 0.3) is 0 Å². The first-order valence-electron chi connectivity index (χ1n) is 8.07. The maximum Gasteiger partial charge on any atom is 0.573 e. The summed E-state index contributed by atoms with van der Waals surface area (Å²) in [5, 5.41) is 12.2. The van der Waals surface area contributed by atoms with E-state index in [4.69, 9.17) is 11.6 Å². The normalized spacial score (nSPS) is 19.5. The Kier molecular flexibility index (Phi) is 4.71. The van der Waals surface area contributed by atoms with Crippen molar-refractivity contribution in [1.82, 2.24) is 4.90 Å². The minimum Gasteiger partial charge on any atom is -0.406 e. The summed E-state index contributed by atoms with van der Waals surface area (Å²) in [6.45, 7) is 3.22. The summed E-state index contributed by atoms with van der Waals surface area (Å²) in [4.78, 5) is 2.07. The average molecular weight is 386 g/mol. The number of hydrogen-bond acceptors (Lipinski definition) is 3. The third-order valence-corrected chi connectivity index (χ3v) is 5.09. The number of rotatable bonds is 4. The zero-order valence-electron chi connectivity index (χ0n) is 14.3. The van der Waals surface area contributed by atoms with Gasteiger partial charge in [0.15, 0.2) is 0 Å². The molecular weight excluding hydrogens is 367 g/mol. The van der Waals surface area contributed by atoms with E-state index in [-0.39, 0.29) is 5.75 Å². The number of alkyl halides is 3. The summed E-state index contributed by atoms with van der Waals surface area (Å²) in [5.41, 5.74) is -0.824. The fraction of sp³-hybridized carbons (Fsp3) is 0.368. The highest BCUT2D eigenvalue weighted by molar-refractivity contribution is 6.30. The molecule has 1 N–H and O–H groups in total. The molecule has 2 aromatic rings. The van der Waals surface area contributed by atoms with Crippen LogP contribution in [-0.2, 0) is 5.60 Å². The van der Waals surface area contributed by atoms with Crippen molar-refractivity contribution >= 4 is 11.6 Å². The van der Waals surface area contributed by atoms with Gasteiger partial charge in [0.1, 0.15) is 11.4 Å². The third-order valence-electron chi connectivity index (χ3n) is 4.86. The van der Waals surface area contributed by atoms with Crippen LogP contribution < -0.4 is 4.74 Å². The maximum atomic E-state index is 12.4. The van der Waals surface area contributed by atoms with Crippen LogP contribution in [0, 0.1) is 5.41 Å². The van der Waals surface area contributed by atoms with Gasteiger partial charge in [-0.05, 0) is 42.4 Å². The van der Waals surface area contributed by atoms with Crippen LogP contribution in [0.3, 0.4) is 0 Å². The lowest BCUT2D eigenvalue weighted by atomic mass is 9.62. The van der Waals surface area contributed by atoms with Gasteiger partial charge < -0.3 is 14.7 Å². The van der Waals surface area contributed by atoms with Gasteiger partial charge in [-0.1, -0.05) is 42.8 Å². The third kappa shape index (κ3) is 3.41. The van der Waals surface area contributed by atoms with Gasteiger partial charge in [-0.25, -0.2) is 0 Å². The molecule has 0 aliphatic carbocycles. The summed E-state index contributed by atoms with van der Waals surface area (Å²) in [6.07, 6.45) is -4.76. The van der Waals surface area contributed by atoms with E-state index in [2.05, 4.69) is 9.64 Å². The molecule has 0 amide bonds. The van der Waals surface area contributed by atoms with Gasteiger partial charge in [0.25, 0.3) is 0 Å². The Morgan fingerprint density at radius 2 is 1.69 bits per heavy atom. The summed E-state index contributed by atoms with van der Waals surface area (Å²) in [5.74, 6) is -0.328. The van der Waals surface area contributed by atoms with E-state index in [1.807, 2.05) is 14.0 Å². The number of benzene rings is 2. The molecule has 0 bridgehead atoms. The Morgan fingerprint density at radius 1 is 1.08 bits per heavy atom. The zero-order chi connectivity index (χ0) is 19.2. The van der Waals surface area contributed by atoms with Gasteiger partial charge in [-0.15, -0.1) is 13.2 Å². The van der Waals surface area contributed by atoms with E-state index >= 15 is 0 Å². The predicted molar refractivity (Wildman–Crippen MR) is 93.2 cm³/mol. The summed E-state index contributed by atoms with van der Waals surface area (Å²) < 4.78 is 41.1. The van der Waals surface area contributed by atoms with Crippen LogP contribution in [-0.4, -0.2) is 36.5 Å². The van der Waals surface area contributed by atoms with Crippen molar-refractivity contribution < 1.29 is 23.0 Å². The van der Waals surface area contributed by atoms with Crippen LogP contribution in [0.2, 0.25) is 5.02 Å². The van der Waals surface area contributed by atoms with E-state index < -0.39 is 17.4 Å². The van der Waals surface area contributed by atoms with Crippen LogP contribution in [0.4, 0.5) is 13.2 Å². The maximum absolute atomic E-state index is 12.4. The molecule has 1 fully saturated rings. The van der Waals surface area contributed by atoms with E-state index in [0.717, 1.165) is 0 Å². The SMILES string of the molecule is CN1CC(C)(C(O)(c2ccc(OC(F)(F)F)cc2)c2cccc(Cl)c2)C1. The molecule has 7 heteroatoms. The highest BCUT2D eigenvalue weighted by Gasteiger charge is 2.55. The van der Waals surface area contributed by atoms with Gasteiger partial charge in [0, 0.05) is 23.5 Å². The number of nitrogens with zero attached hydrogens (tertiary/aromatic N) is 1. The van der Waals surface area contributed by atoms with Crippen molar-refractivity contribution in [2.75, 3.05) is 20.1 Å². The lowest BCUT2D eigenvalue weighted by molar-refractivity contribution is -0.274. The summed E-state index contributed by atoms with van der Waals surface area (Å²) in [6, 6.07) is 12.3. The van der Waals surface area contributed by atoms with E-state index in [9.17, 15) is 18.3 Å². The van der Waals surface area contributed by atoms with Gasteiger partial charge in [-0.3, -0.25) is 0 Å². The molecular formula is C19H19ClF3NO2. The van der Waals surface area contributed by atoms with Crippen molar-refractivity contribution in [3.8, 4) is 5.75 Å². The Hall–Kier alpha value is -1.76. The second-order valence-corrected chi connectivity index (χ2v) is 7.46. The molecule has 2 aromatic carbocycles. The number of halogens is 4. The molecule has 1 unspecified atom stereocenters. The van der Waals surface area contributed by atoms with Gasteiger partial charge >= 0.3 is 6.36 Å². The average Bonchev–Trinajstić information content (AvgIpc) is 2.52. The molecule has 0 aromatic heterocycles. The van der Waals surface area contributed by atoms with Gasteiger partial charge in [0.2, 0.25) is 0 Å². The molecule has 1 saturated heterocycles. The monoisotopic (exact) mass is 385 g/mol. The van der Waals surface area contributed by atoms with Crippen molar-refractivity contribution in [3.05, 3.63) is 64.7 Å². The quantitative estimate of drug-likeness (QED) is 0.845. The minimum absolute atomic E-state index is 0.328. The van der Waals surface area contributed by atoms with Crippen molar-refractivity contribution in [2.45, 2.75) is 18.9 Å². The Balaban J connectivity index is 2.04. The Labute approximate surface area is 155 Å². The number of aliphatic hydroxyl groups is 1. The van der Waals surface area contributed by atoms with Crippen LogP contribution in [0.15, 0.2) is 48.5 Å². The molecule has 0 saturated carbocycles. The van der Waals surface area contributed by atoms with Crippen LogP contribution in [0.1, 0.15) is 18.1 Å². The topological polar surface area (TPSA) is 32.7 Å². The lowest BCUT2D eigenvalue weighted by Gasteiger charge is -2.56. The molecule has 0 radical (unpaired) electrons. The fourth-order valence-corrected chi connectivity index (χ4v) is 4.04. The second-order valence-electron chi connectivity index (χ2n) is 7.03. The molecule has 3 rings (SSSR count). The van der Waals surface area contributed by atoms with E-state index in [1.165, 1.54) is 24.3 Å². The summed E-state index contributed by atoms with van der Waals surface area (Å²) >= 11 is 6.11. The highest BCUT2D eigenvalue weighted by Crippen LogP contribution is 2.50. The largest absolute Gasteiger partial charge is 0.573 e. The standard InChI is InChI=1S/C19H19ClF3NO2/c1-17(11-24(2)12-17)18(25,14-4-3-5-15(20)10-14)13-6-8-16(9-7-13)26-19(21,22)23/h3-10,25H,11-12H2,1-2H3.